The number of hydrogen-bond donors (Lipinski definition) is 1. The van der Waals surface area contributed by atoms with Gasteiger partial charge in [0, 0.05) is 45.3 Å². The summed E-state index contributed by atoms with van der Waals surface area (Å²) in [6.07, 6.45) is 5.84. The van der Waals surface area contributed by atoms with Gasteiger partial charge in [-0.05, 0) is 38.0 Å². The number of hydrogen-bond acceptors (Lipinski definition) is 7. The van der Waals surface area contributed by atoms with E-state index in [-0.39, 0.29) is 18.1 Å². The van der Waals surface area contributed by atoms with Crippen molar-refractivity contribution in [1.29, 1.82) is 0 Å². The number of imidazole rings is 1. The van der Waals surface area contributed by atoms with Crippen molar-refractivity contribution in [3.05, 3.63) is 87.1 Å². The first kappa shape index (κ1) is 25.8. The molecular formula is C30H34N8O2. The van der Waals surface area contributed by atoms with E-state index in [0.29, 0.717) is 35.9 Å². The first-order valence-electron chi connectivity index (χ1n) is 13.7. The number of nitrogens with zero attached hydrogens (tertiary/aromatic N) is 7. The molecule has 6 rings (SSSR count). The van der Waals surface area contributed by atoms with E-state index in [1.54, 1.807) is 7.05 Å². The molecule has 1 unspecified atom stereocenters. The molecule has 0 saturated carbocycles. The van der Waals surface area contributed by atoms with Crippen molar-refractivity contribution in [2.45, 2.75) is 38.9 Å². The third-order valence-electron chi connectivity index (χ3n) is 7.86. The van der Waals surface area contributed by atoms with Crippen molar-refractivity contribution < 1.29 is 0 Å². The van der Waals surface area contributed by atoms with Crippen LogP contribution in [0.25, 0.3) is 11.2 Å². The highest BCUT2D eigenvalue weighted by molar-refractivity contribution is 6.09. The second-order valence-corrected chi connectivity index (χ2v) is 10.5. The van der Waals surface area contributed by atoms with Crippen LogP contribution in [-0.4, -0.2) is 50.6 Å². The third-order valence-corrected chi connectivity index (χ3v) is 7.86. The Bertz CT molecular complexity index is 1780. The second kappa shape index (κ2) is 10.3. The number of anilines is 3. The largest absolute Gasteiger partial charge is 0.342 e. The van der Waals surface area contributed by atoms with Crippen molar-refractivity contribution >= 4 is 39.9 Å². The molecule has 0 aliphatic carbocycles. The third kappa shape index (κ3) is 4.24. The van der Waals surface area contributed by atoms with Crippen LogP contribution in [0.1, 0.15) is 25.3 Å². The monoisotopic (exact) mass is 538 g/mol. The molecule has 0 radical (unpaired) electrons. The van der Waals surface area contributed by atoms with Gasteiger partial charge in [0.05, 0.1) is 29.3 Å². The van der Waals surface area contributed by atoms with Gasteiger partial charge >= 0.3 is 5.69 Å². The normalized spacial score (nSPS) is 17.2. The second-order valence-electron chi connectivity index (χ2n) is 10.5. The van der Waals surface area contributed by atoms with Crippen LogP contribution >= 0.6 is 0 Å². The molecule has 1 atom stereocenters. The van der Waals surface area contributed by atoms with Crippen LogP contribution in [0.2, 0.25) is 0 Å². The van der Waals surface area contributed by atoms with E-state index in [1.807, 2.05) is 79.2 Å². The van der Waals surface area contributed by atoms with E-state index < -0.39 is 5.69 Å². The number of allylic oxidation sites excluding steroid dienone is 2. The molecule has 2 aromatic heterocycles. The van der Waals surface area contributed by atoms with Gasteiger partial charge in [-0.25, -0.2) is 9.79 Å². The van der Waals surface area contributed by atoms with Gasteiger partial charge in [-0.15, -0.1) is 0 Å². The summed E-state index contributed by atoms with van der Waals surface area (Å²) < 4.78 is 4.67. The van der Waals surface area contributed by atoms with Gasteiger partial charge in [0.25, 0.3) is 5.56 Å². The zero-order chi connectivity index (χ0) is 28.0. The Labute approximate surface area is 232 Å². The highest BCUT2D eigenvalue weighted by atomic mass is 16.2. The topological polar surface area (TPSA) is 107 Å². The number of fused-ring (bicyclic) bond motifs is 3. The Morgan fingerprint density at radius 3 is 2.55 bits per heavy atom. The maximum absolute atomic E-state index is 14.2. The minimum absolute atomic E-state index is 0.0271. The molecule has 4 heterocycles. The predicted octanol–water partition coefficient (Wildman–Crippen LogP) is 3.30. The van der Waals surface area contributed by atoms with E-state index in [9.17, 15) is 9.59 Å². The van der Waals surface area contributed by atoms with Gasteiger partial charge in [0.1, 0.15) is 0 Å². The zero-order valence-electron chi connectivity index (χ0n) is 23.1. The Morgan fingerprint density at radius 2 is 1.77 bits per heavy atom. The van der Waals surface area contributed by atoms with Gasteiger partial charge in [-0.3, -0.25) is 13.9 Å². The zero-order valence-corrected chi connectivity index (χ0v) is 23.1. The molecule has 10 heteroatoms. The van der Waals surface area contributed by atoms with Crippen LogP contribution in [0, 0.1) is 0 Å². The lowest BCUT2D eigenvalue weighted by Gasteiger charge is -2.31. The summed E-state index contributed by atoms with van der Waals surface area (Å²) in [4.78, 5) is 41.9. The van der Waals surface area contributed by atoms with Gasteiger partial charge < -0.3 is 20.1 Å². The minimum Gasteiger partial charge on any atom is -0.342 e. The molecule has 206 valence electrons. The minimum atomic E-state index is -0.429. The fraction of sp³-hybridized carbons (Fsp3) is 0.333. The fourth-order valence-corrected chi connectivity index (χ4v) is 5.77. The number of piperidine rings is 1. The number of benzene rings is 2. The summed E-state index contributed by atoms with van der Waals surface area (Å²) >= 11 is 0. The highest BCUT2D eigenvalue weighted by Crippen LogP contribution is 2.38. The summed E-state index contributed by atoms with van der Waals surface area (Å²) in [5.41, 5.74) is 10.5. The average Bonchev–Trinajstić information content (AvgIpc) is 3.31. The summed E-state index contributed by atoms with van der Waals surface area (Å²) in [7, 11) is 3.67. The molecule has 0 amide bonds. The summed E-state index contributed by atoms with van der Waals surface area (Å²) in [5, 5.41) is 0. The lowest BCUT2D eigenvalue weighted by Crippen LogP contribution is -2.44. The molecule has 40 heavy (non-hydrogen) atoms. The van der Waals surface area contributed by atoms with Crippen LogP contribution in [0.15, 0.2) is 75.3 Å². The van der Waals surface area contributed by atoms with E-state index in [1.165, 1.54) is 9.13 Å². The van der Waals surface area contributed by atoms with Crippen LogP contribution in [-0.2, 0) is 20.1 Å². The predicted molar refractivity (Wildman–Crippen MR) is 161 cm³/mol. The van der Waals surface area contributed by atoms with Crippen molar-refractivity contribution in [3.8, 4) is 0 Å². The van der Waals surface area contributed by atoms with E-state index in [2.05, 4.69) is 9.80 Å². The molecule has 2 N–H and O–H groups in total. The van der Waals surface area contributed by atoms with Gasteiger partial charge in [0.2, 0.25) is 5.95 Å². The molecule has 10 nitrogen and oxygen atoms in total. The maximum atomic E-state index is 14.2. The van der Waals surface area contributed by atoms with E-state index >= 15 is 0 Å². The van der Waals surface area contributed by atoms with Crippen molar-refractivity contribution in [2.24, 2.45) is 17.8 Å². The van der Waals surface area contributed by atoms with Crippen molar-refractivity contribution in [3.63, 3.8) is 0 Å². The average molecular weight is 539 g/mol. The van der Waals surface area contributed by atoms with Gasteiger partial charge in [0.15, 0.2) is 11.2 Å². The van der Waals surface area contributed by atoms with Crippen LogP contribution in [0.5, 0.6) is 0 Å². The lowest BCUT2D eigenvalue weighted by atomic mass is 10.1. The van der Waals surface area contributed by atoms with Gasteiger partial charge in [-0.1, -0.05) is 42.5 Å². The smallest absolute Gasteiger partial charge is 0.332 e. The summed E-state index contributed by atoms with van der Waals surface area (Å²) in [6.45, 7) is 3.89. The lowest BCUT2D eigenvalue weighted by molar-refractivity contribution is 0.495. The molecule has 2 aromatic carbocycles. The van der Waals surface area contributed by atoms with Crippen molar-refractivity contribution in [1.82, 2.24) is 18.7 Å². The molecule has 0 spiro atoms. The van der Waals surface area contributed by atoms with E-state index in [4.69, 9.17) is 15.7 Å². The summed E-state index contributed by atoms with van der Waals surface area (Å²) in [6, 6.07) is 15.9. The van der Waals surface area contributed by atoms with Crippen LogP contribution < -0.4 is 26.8 Å². The molecule has 0 bridgehead atoms. The molecule has 2 aliphatic heterocycles. The van der Waals surface area contributed by atoms with Crippen LogP contribution in [0.3, 0.4) is 0 Å². The molecule has 2 aliphatic rings. The standard InChI is InChI=1S/C30H34N8O2/c1-4-5-17-37-26-27(33-29(37)36-16-10-11-20(31)18-36)35(3)30(40)38(28(26)39)19-23-21-12-6-8-14-24(21)34(2)25-15-9-7-13-22(25)32-23/h4-9,12-15,20H,10-11,16-19,31H2,1-3H3. The Kier molecular flexibility index (Phi) is 6.63. The first-order valence-corrected chi connectivity index (χ1v) is 13.7. The van der Waals surface area contributed by atoms with E-state index in [0.717, 1.165) is 42.0 Å². The number of aliphatic imine (C=N–C) groups is 1. The molecule has 4 aromatic rings. The van der Waals surface area contributed by atoms with Gasteiger partial charge in [-0.2, -0.15) is 4.98 Å². The Hall–Kier alpha value is -4.44. The first-order chi connectivity index (χ1) is 19.4. The molecular weight excluding hydrogens is 504 g/mol. The number of aromatic nitrogens is 4. The number of nitrogens with two attached hydrogens (primary N) is 1. The van der Waals surface area contributed by atoms with Crippen LogP contribution in [0.4, 0.5) is 23.0 Å². The summed E-state index contributed by atoms with van der Waals surface area (Å²) in [5.74, 6) is 0.667. The Balaban J connectivity index is 1.55. The molecule has 1 saturated heterocycles. The SMILES string of the molecule is CC=CCn1c(N2CCCC(N)C2)nc2c1c(=O)n(CC1=Nc3ccccc3N(C)c3ccccc31)c(=O)n2C. The maximum Gasteiger partial charge on any atom is 0.332 e. The highest BCUT2D eigenvalue weighted by Gasteiger charge is 2.27. The fourth-order valence-electron chi connectivity index (χ4n) is 5.77. The van der Waals surface area contributed by atoms with Crippen molar-refractivity contribution in [2.75, 3.05) is 29.9 Å². The molecule has 1 fully saturated rings. The Morgan fingerprint density at radius 1 is 1.02 bits per heavy atom. The quantitative estimate of drug-likeness (QED) is 0.391. The number of para-hydroxylation sites is 3. The number of rotatable bonds is 5. The number of aryl methyl sites for hydroxylation is 1.